The number of nitrogens with one attached hydrogen (secondary N) is 2. The first-order valence-electron chi connectivity index (χ1n) is 6.51. The van der Waals surface area contributed by atoms with Crippen molar-refractivity contribution in [1.82, 2.24) is 10.6 Å². The lowest BCUT2D eigenvalue weighted by Crippen LogP contribution is -2.44. The molecule has 0 amide bonds. The maximum atomic E-state index is 13.6. The van der Waals surface area contributed by atoms with Crippen molar-refractivity contribution in [3.63, 3.8) is 0 Å². The van der Waals surface area contributed by atoms with Crippen LogP contribution < -0.4 is 10.6 Å². The van der Waals surface area contributed by atoms with Crippen LogP contribution in [0, 0.1) is 12.7 Å². The summed E-state index contributed by atoms with van der Waals surface area (Å²) in [5.74, 6) is -0.126. The summed E-state index contributed by atoms with van der Waals surface area (Å²) in [7, 11) is 0. The first-order chi connectivity index (χ1) is 8.28. The molecule has 3 heteroatoms. The van der Waals surface area contributed by atoms with E-state index >= 15 is 0 Å². The van der Waals surface area contributed by atoms with E-state index in [2.05, 4.69) is 38.3 Å². The molecule has 0 spiro atoms. The third kappa shape index (κ3) is 5.61. The van der Waals surface area contributed by atoms with Crippen LogP contribution in [0.15, 0.2) is 18.2 Å². The highest BCUT2D eigenvalue weighted by molar-refractivity contribution is 5.23. The molecule has 0 bridgehead atoms. The Hall–Kier alpha value is -0.930. The van der Waals surface area contributed by atoms with Gasteiger partial charge < -0.3 is 10.6 Å². The van der Waals surface area contributed by atoms with Crippen molar-refractivity contribution in [2.24, 2.45) is 0 Å². The van der Waals surface area contributed by atoms with E-state index < -0.39 is 0 Å². The summed E-state index contributed by atoms with van der Waals surface area (Å²) in [6.07, 6.45) is 0. The zero-order chi connectivity index (χ0) is 13.8. The zero-order valence-corrected chi connectivity index (χ0v) is 12.1. The highest BCUT2D eigenvalue weighted by Gasteiger charge is 2.11. The summed E-state index contributed by atoms with van der Waals surface area (Å²) in [5, 5.41) is 6.75. The molecule has 1 unspecified atom stereocenters. The summed E-state index contributed by atoms with van der Waals surface area (Å²) in [6, 6.07) is 5.68. The molecule has 0 aliphatic heterocycles. The fraction of sp³-hybridized carbons (Fsp3) is 0.600. The summed E-state index contributed by atoms with van der Waals surface area (Å²) in [5.41, 5.74) is 1.80. The molecule has 18 heavy (non-hydrogen) atoms. The van der Waals surface area contributed by atoms with Crippen LogP contribution in [0.1, 0.15) is 38.8 Å². The lowest BCUT2D eigenvalue weighted by atomic mass is 10.1. The maximum absolute atomic E-state index is 13.6. The third-order valence-electron chi connectivity index (χ3n) is 2.79. The average Bonchev–Trinajstić information content (AvgIpc) is 2.24. The van der Waals surface area contributed by atoms with Crippen LogP contribution in [0.5, 0.6) is 0 Å². The van der Waals surface area contributed by atoms with E-state index in [0.717, 1.165) is 17.7 Å². The van der Waals surface area contributed by atoms with Crippen LogP contribution in [-0.4, -0.2) is 18.1 Å². The van der Waals surface area contributed by atoms with E-state index in [4.69, 9.17) is 0 Å². The van der Waals surface area contributed by atoms with Gasteiger partial charge in [0.05, 0.1) is 0 Å². The fourth-order valence-corrected chi connectivity index (χ4v) is 1.61. The number of halogens is 1. The Morgan fingerprint density at radius 2 is 1.94 bits per heavy atom. The molecule has 2 N–H and O–H groups in total. The standard InChI is InChI=1S/C15H25FN2/c1-11-6-7-13(14(16)8-11)10-17-12(2)9-18-15(3,4)5/h6-8,12,17-18H,9-10H2,1-5H3. The van der Waals surface area contributed by atoms with Crippen LogP contribution in [0.2, 0.25) is 0 Å². The second-order valence-electron chi connectivity index (χ2n) is 6.01. The Morgan fingerprint density at radius 3 is 2.50 bits per heavy atom. The Bertz CT molecular complexity index is 383. The summed E-state index contributed by atoms with van der Waals surface area (Å²) in [4.78, 5) is 0. The van der Waals surface area contributed by atoms with Gasteiger partial charge in [0.2, 0.25) is 0 Å². The van der Waals surface area contributed by atoms with Crippen molar-refractivity contribution >= 4 is 0 Å². The smallest absolute Gasteiger partial charge is 0.127 e. The fourth-order valence-electron chi connectivity index (χ4n) is 1.61. The molecule has 0 radical (unpaired) electrons. The Kier molecular flexibility index (Phi) is 5.29. The van der Waals surface area contributed by atoms with E-state index in [1.54, 1.807) is 6.07 Å². The topological polar surface area (TPSA) is 24.1 Å². The van der Waals surface area contributed by atoms with Gasteiger partial charge in [0.15, 0.2) is 0 Å². The van der Waals surface area contributed by atoms with Crippen molar-refractivity contribution < 1.29 is 4.39 Å². The zero-order valence-electron chi connectivity index (χ0n) is 12.1. The van der Waals surface area contributed by atoms with Crippen LogP contribution in [-0.2, 0) is 6.54 Å². The van der Waals surface area contributed by atoms with Gasteiger partial charge in [0.25, 0.3) is 0 Å². The Labute approximate surface area is 110 Å². The predicted octanol–water partition coefficient (Wildman–Crippen LogP) is 3.00. The minimum atomic E-state index is -0.126. The van der Waals surface area contributed by atoms with Gasteiger partial charge in [0, 0.05) is 30.2 Å². The number of aryl methyl sites for hydroxylation is 1. The molecule has 0 heterocycles. The summed E-state index contributed by atoms with van der Waals surface area (Å²) in [6.45, 7) is 11.9. The van der Waals surface area contributed by atoms with Gasteiger partial charge in [0.1, 0.15) is 5.82 Å². The van der Waals surface area contributed by atoms with Crippen molar-refractivity contribution in [1.29, 1.82) is 0 Å². The minimum absolute atomic E-state index is 0.116. The molecule has 1 atom stereocenters. The van der Waals surface area contributed by atoms with E-state index in [1.807, 2.05) is 19.1 Å². The molecular weight excluding hydrogens is 227 g/mol. The highest BCUT2D eigenvalue weighted by Crippen LogP contribution is 2.09. The van der Waals surface area contributed by atoms with Crippen LogP contribution in [0.25, 0.3) is 0 Å². The van der Waals surface area contributed by atoms with Gasteiger partial charge in [-0.2, -0.15) is 0 Å². The first kappa shape index (κ1) is 15.1. The second-order valence-corrected chi connectivity index (χ2v) is 6.01. The van der Waals surface area contributed by atoms with E-state index in [0.29, 0.717) is 12.6 Å². The molecule has 0 aliphatic carbocycles. The third-order valence-corrected chi connectivity index (χ3v) is 2.79. The van der Waals surface area contributed by atoms with E-state index in [9.17, 15) is 4.39 Å². The molecule has 0 saturated carbocycles. The lowest BCUT2D eigenvalue weighted by Gasteiger charge is -2.24. The van der Waals surface area contributed by atoms with Crippen molar-refractivity contribution in [2.75, 3.05) is 6.54 Å². The molecule has 0 saturated heterocycles. The predicted molar refractivity (Wildman–Crippen MR) is 75.2 cm³/mol. The van der Waals surface area contributed by atoms with E-state index in [-0.39, 0.29) is 11.4 Å². The largest absolute Gasteiger partial charge is 0.311 e. The molecule has 0 aliphatic rings. The van der Waals surface area contributed by atoms with Crippen LogP contribution in [0.3, 0.4) is 0 Å². The molecule has 0 fully saturated rings. The average molecular weight is 252 g/mol. The SMILES string of the molecule is Cc1ccc(CNC(C)CNC(C)(C)C)c(F)c1. The molecule has 1 aromatic rings. The lowest BCUT2D eigenvalue weighted by molar-refractivity contribution is 0.386. The Balaban J connectivity index is 2.40. The molecule has 2 nitrogen and oxygen atoms in total. The minimum Gasteiger partial charge on any atom is -0.311 e. The molecule has 102 valence electrons. The first-order valence-corrected chi connectivity index (χ1v) is 6.51. The Morgan fingerprint density at radius 1 is 1.28 bits per heavy atom. The second kappa shape index (κ2) is 6.30. The summed E-state index contributed by atoms with van der Waals surface area (Å²) >= 11 is 0. The quantitative estimate of drug-likeness (QED) is 0.842. The number of hydrogen-bond donors (Lipinski definition) is 2. The summed E-state index contributed by atoms with van der Waals surface area (Å²) < 4.78 is 13.6. The van der Waals surface area contributed by atoms with Crippen LogP contribution in [0.4, 0.5) is 4.39 Å². The monoisotopic (exact) mass is 252 g/mol. The number of benzene rings is 1. The molecular formula is C15H25FN2. The van der Waals surface area contributed by atoms with Gasteiger partial charge in [-0.15, -0.1) is 0 Å². The number of hydrogen-bond acceptors (Lipinski definition) is 2. The van der Waals surface area contributed by atoms with Crippen molar-refractivity contribution in [3.05, 3.63) is 35.1 Å². The van der Waals surface area contributed by atoms with Gasteiger partial charge in [-0.05, 0) is 46.2 Å². The van der Waals surface area contributed by atoms with Crippen molar-refractivity contribution in [3.8, 4) is 0 Å². The normalized spacial score (nSPS) is 13.7. The van der Waals surface area contributed by atoms with Gasteiger partial charge in [-0.25, -0.2) is 4.39 Å². The molecule has 0 aromatic heterocycles. The highest BCUT2D eigenvalue weighted by atomic mass is 19.1. The van der Waals surface area contributed by atoms with Gasteiger partial charge >= 0.3 is 0 Å². The van der Waals surface area contributed by atoms with Crippen LogP contribution >= 0.6 is 0 Å². The maximum Gasteiger partial charge on any atom is 0.127 e. The van der Waals surface area contributed by atoms with E-state index in [1.165, 1.54) is 0 Å². The number of rotatable bonds is 5. The van der Waals surface area contributed by atoms with Gasteiger partial charge in [-0.1, -0.05) is 12.1 Å². The van der Waals surface area contributed by atoms with Crippen molar-refractivity contribution in [2.45, 2.75) is 52.7 Å². The van der Waals surface area contributed by atoms with Gasteiger partial charge in [-0.3, -0.25) is 0 Å². The molecule has 1 rings (SSSR count). The molecule has 1 aromatic carbocycles.